The Bertz CT molecular complexity index is 568. The lowest BCUT2D eigenvalue weighted by atomic mass is 10.3. The highest BCUT2D eigenvalue weighted by Gasteiger charge is 2.16. The molecular formula is C14H17N3O. The monoisotopic (exact) mass is 243 g/mol. The largest absolute Gasteiger partial charge is 0.390 e. The van der Waals surface area contributed by atoms with Crippen molar-refractivity contribution in [2.24, 2.45) is 0 Å². The zero-order chi connectivity index (χ0) is 13.0. The van der Waals surface area contributed by atoms with Crippen LogP contribution in [0.25, 0.3) is 5.65 Å². The highest BCUT2D eigenvalue weighted by Crippen LogP contribution is 2.21. The minimum atomic E-state index is -0.0503. The normalized spacial score (nSPS) is 10.5. The van der Waals surface area contributed by atoms with E-state index in [1.54, 1.807) is 0 Å². The van der Waals surface area contributed by atoms with Crippen molar-refractivity contribution in [2.45, 2.75) is 20.0 Å². The van der Waals surface area contributed by atoms with E-state index in [1.165, 1.54) is 0 Å². The van der Waals surface area contributed by atoms with E-state index >= 15 is 0 Å². The smallest absolute Gasteiger partial charge is 0.154 e. The molecule has 2 aromatic rings. The molecule has 0 spiro atoms. The number of hydrogen-bond donors (Lipinski definition) is 1. The highest BCUT2D eigenvalue weighted by atomic mass is 16.3. The third-order valence-electron chi connectivity index (χ3n) is 2.83. The summed E-state index contributed by atoms with van der Waals surface area (Å²) in [6.45, 7) is 3.38. The molecule has 0 aromatic carbocycles. The van der Waals surface area contributed by atoms with Gasteiger partial charge < -0.3 is 10.0 Å². The molecule has 0 fully saturated rings. The summed E-state index contributed by atoms with van der Waals surface area (Å²) in [6, 6.07) is 5.77. The summed E-state index contributed by atoms with van der Waals surface area (Å²) in [4.78, 5) is 6.58. The number of anilines is 1. The zero-order valence-corrected chi connectivity index (χ0v) is 10.5. The average molecular weight is 243 g/mol. The van der Waals surface area contributed by atoms with Crippen molar-refractivity contribution in [3.63, 3.8) is 0 Å². The maximum absolute atomic E-state index is 9.55. The maximum atomic E-state index is 9.55. The predicted octanol–water partition coefficient (Wildman–Crippen LogP) is 1.68. The van der Waals surface area contributed by atoms with Gasteiger partial charge in [-0.2, -0.15) is 0 Å². The van der Waals surface area contributed by atoms with Gasteiger partial charge in [-0.25, -0.2) is 4.98 Å². The van der Waals surface area contributed by atoms with Crippen LogP contribution in [0.3, 0.4) is 0 Å². The molecule has 0 unspecified atom stereocenters. The summed E-state index contributed by atoms with van der Waals surface area (Å²) < 4.78 is 1.90. The minimum absolute atomic E-state index is 0.0503. The van der Waals surface area contributed by atoms with Crippen LogP contribution in [0, 0.1) is 12.3 Å². The van der Waals surface area contributed by atoms with Gasteiger partial charge in [0.2, 0.25) is 0 Å². The first-order chi connectivity index (χ1) is 8.81. The third kappa shape index (κ3) is 2.18. The van der Waals surface area contributed by atoms with Crippen LogP contribution in [-0.2, 0) is 6.61 Å². The molecule has 1 N–H and O–H groups in total. The molecule has 2 aromatic heterocycles. The first kappa shape index (κ1) is 12.5. The van der Waals surface area contributed by atoms with Crippen LogP contribution in [0.1, 0.15) is 19.0 Å². The van der Waals surface area contributed by atoms with Crippen molar-refractivity contribution in [3.05, 3.63) is 30.1 Å². The summed E-state index contributed by atoms with van der Waals surface area (Å²) in [7, 11) is 0. The van der Waals surface area contributed by atoms with Gasteiger partial charge in [-0.15, -0.1) is 6.42 Å². The van der Waals surface area contributed by atoms with Crippen LogP contribution in [-0.4, -0.2) is 27.6 Å². The Morgan fingerprint density at radius 1 is 1.50 bits per heavy atom. The van der Waals surface area contributed by atoms with E-state index in [0.29, 0.717) is 6.54 Å². The van der Waals surface area contributed by atoms with Crippen LogP contribution in [0.5, 0.6) is 0 Å². The Balaban J connectivity index is 2.51. The van der Waals surface area contributed by atoms with Gasteiger partial charge in [-0.05, 0) is 18.6 Å². The fourth-order valence-corrected chi connectivity index (χ4v) is 2.07. The van der Waals surface area contributed by atoms with E-state index in [-0.39, 0.29) is 6.61 Å². The quantitative estimate of drug-likeness (QED) is 0.812. The molecule has 0 aliphatic heterocycles. The summed E-state index contributed by atoms with van der Waals surface area (Å²) in [5, 5.41) is 9.55. The highest BCUT2D eigenvalue weighted by molar-refractivity contribution is 5.56. The van der Waals surface area contributed by atoms with Gasteiger partial charge in [0.15, 0.2) is 5.82 Å². The van der Waals surface area contributed by atoms with E-state index < -0.39 is 0 Å². The average Bonchev–Trinajstić information content (AvgIpc) is 2.76. The number of imidazole rings is 1. The molecule has 94 valence electrons. The molecule has 0 amide bonds. The minimum Gasteiger partial charge on any atom is -0.390 e. The van der Waals surface area contributed by atoms with Crippen molar-refractivity contribution in [1.29, 1.82) is 0 Å². The first-order valence-corrected chi connectivity index (χ1v) is 6.07. The number of rotatable bonds is 5. The zero-order valence-electron chi connectivity index (χ0n) is 10.5. The number of aliphatic hydroxyl groups is 1. The van der Waals surface area contributed by atoms with Crippen molar-refractivity contribution in [2.75, 3.05) is 18.0 Å². The molecule has 2 heterocycles. The Labute approximate surface area is 107 Å². The number of hydrogen-bond acceptors (Lipinski definition) is 3. The van der Waals surface area contributed by atoms with Crippen LogP contribution in [0.2, 0.25) is 0 Å². The molecule has 2 rings (SSSR count). The van der Waals surface area contributed by atoms with E-state index in [9.17, 15) is 5.11 Å². The number of fused-ring (bicyclic) bond motifs is 1. The van der Waals surface area contributed by atoms with Crippen molar-refractivity contribution >= 4 is 11.5 Å². The van der Waals surface area contributed by atoms with Crippen molar-refractivity contribution in [1.82, 2.24) is 9.38 Å². The standard InChI is InChI=1S/C14H17N3O/c1-3-8-16(9-4-2)14-12(11-18)17-10-6-5-7-13(17)15-14/h1,5-7,10,18H,4,8-9,11H2,2H3. The number of aliphatic hydroxyl groups excluding tert-OH is 1. The number of terminal acetylenes is 1. The molecule has 0 atom stereocenters. The maximum Gasteiger partial charge on any atom is 0.154 e. The summed E-state index contributed by atoms with van der Waals surface area (Å²) >= 11 is 0. The Morgan fingerprint density at radius 3 is 3.00 bits per heavy atom. The summed E-state index contributed by atoms with van der Waals surface area (Å²) in [5.74, 6) is 3.42. The Morgan fingerprint density at radius 2 is 2.33 bits per heavy atom. The van der Waals surface area contributed by atoms with Gasteiger partial charge in [0.25, 0.3) is 0 Å². The number of nitrogens with zero attached hydrogens (tertiary/aromatic N) is 3. The number of pyridine rings is 1. The van der Waals surface area contributed by atoms with E-state index in [2.05, 4.69) is 17.8 Å². The van der Waals surface area contributed by atoms with E-state index in [0.717, 1.165) is 30.1 Å². The van der Waals surface area contributed by atoms with Crippen LogP contribution >= 0.6 is 0 Å². The van der Waals surface area contributed by atoms with Gasteiger partial charge in [-0.3, -0.25) is 4.40 Å². The van der Waals surface area contributed by atoms with Gasteiger partial charge >= 0.3 is 0 Å². The van der Waals surface area contributed by atoms with Gasteiger partial charge in [0.05, 0.1) is 18.8 Å². The molecule has 0 saturated heterocycles. The molecule has 0 bridgehead atoms. The molecule has 4 heteroatoms. The summed E-state index contributed by atoms with van der Waals surface area (Å²) in [5.41, 5.74) is 1.61. The lowest BCUT2D eigenvalue weighted by molar-refractivity contribution is 0.276. The molecular weight excluding hydrogens is 226 g/mol. The second-order valence-electron chi connectivity index (χ2n) is 4.09. The lowest BCUT2D eigenvalue weighted by Gasteiger charge is -2.20. The van der Waals surface area contributed by atoms with Crippen LogP contribution < -0.4 is 4.90 Å². The SMILES string of the molecule is C#CCN(CCC)c1nc2ccccn2c1CO. The second-order valence-corrected chi connectivity index (χ2v) is 4.09. The predicted molar refractivity (Wildman–Crippen MR) is 72.5 cm³/mol. The second kappa shape index (κ2) is 5.56. The van der Waals surface area contributed by atoms with E-state index in [1.807, 2.05) is 33.7 Å². The Hall–Kier alpha value is -1.99. The topological polar surface area (TPSA) is 40.8 Å². The van der Waals surface area contributed by atoms with Crippen LogP contribution in [0.15, 0.2) is 24.4 Å². The van der Waals surface area contributed by atoms with Gasteiger partial charge in [-0.1, -0.05) is 18.9 Å². The molecule has 0 saturated carbocycles. The fraction of sp³-hybridized carbons (Fsp3) is 0.357. The lowest BCUT2D eigenvalue weighted by Crippen LogP contribution is -2.25. The third-order valence-corrected chi connectivity index (χ3v) is 2.83. The fourth-order valence-electron chi connectivity index (χ4n) is 2.07. The molecule has 0 aliphatic rings. The Kier molecular flexibility index (Phi) is 3.85. The molecule has 4 nitrogen and oxygen atoms in total. The van der Waals surface area contributed by atoms with Gasteiger partial charge in [0.1, 0.15) is 5.65 Å². The van der Waals surface area contributed by atoms with E-state index in [4.69, 9.17) is 6.42 Å². The molecule has 0 radical (unpaired) electrons. The van der Waals surface area contributed by atoms with Crippen LogP contribution in [0.4, 0.5) is 5.82 Å². The van der Waals surface area contributed by atoms with Crippen molar-refractivity contribution < 1.29 is 5.11 Å². The summed E-state index contributed by atoms with van der Waals surface area (Å²) in [6.07, 6.45) is 8.28. The first-order valence-electron chi connectivity index (χ1n) is 6.07. The molecule has 18 heavy (non-hydrogen) atoms. The molecule has 0 aliphatic carbocycles. The number of aromatic nitrogens is 2. The van der Waals surface area contributed by atoms with Gasteiger partial charge in [0, 0.05) is 12.7 Å². The van der Waals surface area contributed by atoms with Crippen molar-refractivity contribution in [3.8, 4) is 12.3 Å².